The Morgan fingerprint density at radius 3 is 2.89 bits per heavy atom. The standard InChI is InChI=1S/C10H11BrClN3O3S/c1-2-3-19(16,17)18-15-8-6-13-9(11)4-7(8)14-10(15)5-12/h4,6H,2-3,5H2,1H3. The predicted molar refractivity (Wildman–Crippen MR) is 75.4 cm³/mol. The van der Waals surface area contributed by atoms with Gasteiger partial charge in [-0.05, 0) is 28.4 Å². The number of fused-ring (bicyclic) bond motifs is 1. The molecule has 0 atom stereocenters. The molecule has 0 aliphatic heterocycles. The Hall–Kier alpha value is -0.860. The zero-order chi connectivity index (χ0) is 14.0. The van der Waals surface area contributed by atoms with E-state index in [1.165, 1.54) is 6.20 Å². The minimum atomic E-state index is -3.66. The highest BCUT2D eigenvalue weighted by molar-refractivity contribution is 9.10. The second kappa shape index (κ2) is 5.64. The average molecular weight is 369 g/mol. The third-order valence-electron chi connectivity index (χ3n) is 2.29. The molecule has 0 bridgehead atoms. The lowest BCUT2D eigenvalue weighted by Gasteiger charge is -2.08. The van der Waals surface area contributed by atoms with Crippen LogP contribution in [0.4, 0.5) is 0 Å². The van der Waals surface area contributed by atoms with Gasteiger partial charge >= 0.3 is 10.1 Å². The number of halogens is 2. The maximum atomic E-state index is 11.7. The first-order valence-electron chi connectivity index (χ1n) is 5.48. The highest BCUT2D eigenvalue weighted by atomic mass is 79.9. The molecular formula is C10H11BrClN3O3S. The first-order chi connectivity index (χ1) is 8.96. The molecule has 2 heterocycles. The van der Waals surface area contributed by atoms with Crippen LogP contribution in [0.1, 0.15) is 19.2 Å². The number of hydrogen-bond donors (Lipinski definition) is 0. The number of nitrogens with zero attached hydrogens (tertiary/aromatic N) is 3. The summed E-state index contributed by atoms with van der Waals surface area (Å²) in [5.41, 5.74) is 1.02. The normalized spacial score (nSPS) is 11.9. The van der Waals surface area contributed by atoms with E-state index in [4.69, 9.17) is 15.9 Å². The van der Waals surface area contributed by atoms with Crippen molar-refractivity contribution in [3.63, 3.8) is 0 Å². The fraction of sp³-hybridized carbons (Fsp3) is 0.400. The molecule has 0 aliphatic carbocycles. The van der Waals surface area contributed by atoms with E-state index in [0.717, 1.165) is 4.73 Å². The Labute approximate surface area is 124 Å². The highest BCUT2D eigenvalue weighted by Crippen LogP contribution is 2.19. The van der Waals surface area contributed by atoms with Gasteiger partial charge in [0.05, 0.1) is 23.3 Å². The van der Waals surface area contributed by atoms with Gasteiger partial charge in [0.15, 0.2) is 5.82 Å². The second-order valence-corrected chi connectivity index (χ2v) is 6.54. The second-order valence-electron chi connectivity index (χ2n) is 3.79. The van der Waals surface area contributed by atoms with Gasteiger partial charge in [-0.3, -0.25) is 4.28 Å². The number of imidazole rings is 1. The number of rotatable bonds is 5. The van der Waals surface area contributed by atoms with E-state index in [1.54, 1.807) is 13.0 Å². The number of aromatic nitrogens is 3. The van der Waals surface area contributed by atoms with Crippen molar-refractivity contribution in [3.8, 4) is 0 Å². The topological polar surface area (TPSA) is 74.1 Å². The number of hydrogen-bond acceptors (Lipinski definition) is 5. The lowest BCUT2D eigenvalue weighted by atomic mass is 10.4. The van der Waals surface area contributed by atoms with Gasteiger partial charge < -0.3 is 0 Å². The summed E-state index contributed by atoms with van der Waals surface area (Å²) in [4.78, 5) is 8.24. The molecule has 0 aliphatic rings. The van der Waals surface area contributed by atoms with E-state index >= 15 is 0 Å². The molecule has 104 valence electrons. The van der Waals surface area contributed by atoms with Crippen LogP contribution in [0.3, 0.4) is 0 Å². The molecule has 0 saturated carbocycles. The first-order valence-corrected chi connectivity index (χ1v) is 8.39. The fourth-order valence-corrected chi connectivity index (χ4v) is 3.01. The van der Waals surface area contributed by atoms with Crippen molar-refractivity contribution in [3.05, 3.63) is 22.7 Å². The number of pyridine rings is 1. The third-order valence-corrected chi connectivity index (χ3v) is 4.25. The monoisotopic (exact) mass is 367 g/mol. The van der Waals surface area contributed by atoms with Crippen LogP contribution in [-0.2, 0) is 16.0 Å². The molecule has 9 heteroatoms. The Bertz CT molecular complexity index is 701. The van der Waals surface area contributed by atoms with Gasteiger partial charge in [0.2, 0.25) is 0 Å². The van der Waals surface area contributed by atoms with Crippen molar-refractivity contribution in [2.45, 2.75) is 19.2 Å². The molecule has 0 N–H and O–H groups in total. The van der Waals surface area contributed by atoms with E-state index in [2.05, 4.69) is 25.9 Å². The molecule has 6 nitrogen and oxygen atoms in total. The molecule has 0 amide bonds. The SMILES string of the molecule is CCCS(=O)(=O)On1c(CCl)nc2cc(Br)ncc21. The van der Waals surface area contributed by atoms with Crippen LogP contribution in [0.15, 0.2) is 16.9 Å². The molecule has 2 aromatic rings. The van der Waals surface area contributed by atoms with Crippen LogP contribution in [0.2, 0.25) is 0 Å². The summed E-state index contributed by atoms with van der Waals surface area (Å²) in [5.74, 6) is 0.281. The third kappa shape index (κ3) is 3.18. The smallest absolute Gasteiger partial charge is 0.285 e. The molecule has 0 radical (unpaired) electrons. The van der Waals surface area contributed by atoms with E-state index in [0.29, 0.717) is 27.9 Å². The van der Waals surface area contributed by atoms with Gasteiger partial charge in [0.25, 0.3) is 0 Å². The van der Waals surface area contributed by atoms with Crippen LogP contribution in [-0.4, -0.2) is 28.9 Å². The van der Waals surface area contributed by atoms with Crippen molar-refractivity contribution >= 4 is 48.7 Å². The van der Waals surface area contributed by atoms with Crippen molar-refractivity contribution < 1.29 is 12.7 Å². The fourth-order valence-electron chi connectivity index (χ4n) is 1.55. The van der Waals surface area contributed by atoms with Crippen molar-refractivity contribution in [1.82, 2.24) is 14.7 Å². The zero-order valence-corrected chi connectivity index (χ0v) is 13.2. The maximum absolute atomic E-state index is 11.7. The molecule has 2 aromatic heterocycles. The molecular weight excluding hydrogens is 358 g/mol. The van der Waals surface area contributed by atoms with E-state index < -0.39 is 10.1 Å². The Morgan fingerprint density at radius 2 is 2.26 bits per heavy atom. The number of alkyl halides is 1. The van der Waals surface area contributed by atoms with Crippen molar-refractivity contribution in [2.24, 2.45) is 0 Å². The summed E-state index contributed by atoms with van der Waals surface area (Å²) >= 11 is 8.98. The summed E-state index contributed by atoms with van der Waals surface area (Å²) in [5, 5.41) is 0. The van der Waals surface area contributed by atoms with E-state index in [-0.39, 0.29) is 11.6 Å². The van der Waals surface area contributed by atoms with Crippen LogP contribution >= 0.6 is 27.5 Å². The van der Waals surface area contributed by atoms with Crippen molar-refractivity contribution in [1.29, 1.82) is 0 Å². The summed E-state index contributed by atoms with van der Waals surface area (Å²) in [6.45, 7) is 1.76. The zero-order valence-electron chi connectivity index (χ0n) is 10.0. The quantitative estimate of drug-likeness (QED) is 0.597. The summed E-state index contributed by atoms with van der Waals surface area (Å²) in [6.07, 6.45) is 1.94. The molecule has 19 heavy (non-hydrogen) atoms. The summed E-state index contributed by atoms with van der Waals surface area (Å²) in [7, 11) is -3.66. The van der Waals surface area contributed by atoms with E-state index in [9.17, 15) is 8.42 Å². The van der Waals surface area contributed by atoms with Gasteiger partial charge in [-0.1, -0.05) is 6.92 Å². The lowest BCUT2D eigenvalue weighted by molar-refractivity contribution is 0.281. The van der Waals surface area contributed by atoms with Gasteiger partial charge in [0, 0.05) is 0 Å². The first kappa shape index (κ1) is 14.5. The minimum Gasteiger partial charge on any atom is -0.285 e. The van der Waals surface area contributed by atoms with E-state index in [1.807, 2.05) is 0 Å². The largest absolute Gasteiger partial charge is 0.327 e. The van der Waals surface area contributed by atoms with Crippen LogP contribution in [0, 0.1) is 0 Å². The summed E-state index contributed by atoms with van der Waals surface area (Å²) in [6, 6.07) is 1.66. The van der Waals surface area contributed by atoms with Gasteiger partial charge in [-0.2, -0.15) is 8.42 Å². The molecule has 0 aromatic carbocycles. The average Bonchev–Trinajstić information content (AvgIpc) is 2.65. The molecule has 0 saturated heterocycles. The highest BCUT2D eigenvalue weighted by Gasteiger charge is 2.18. The van der Waals surface area contributed by atoms with Gasteiger partial charge in [-0.15, -0.1) is 16.3 Å². The van der Waals surface area contributed by atoms with Gasteiger partial charge in [0.1, 0.15) is 10.1 Å². The van der Waals surface area contributed by atoms with Crippen molar-refractivity contribution in [2.75, 3.05) is 5.75 Å². The molecule has 0 fully saturated rings. The summed E-state index contributed by atoms with van der Waals surface area (Å²) < 4.78 is 30.2. The van der Waals surface area contributed by atoms with Crippen LogP contribution in [0.5, 0.6) is 0 Å². The molecule has 2 rings (SSSR count). The minimum absolute atomic E-state index is 0.0357. The Morgan fingerprint density at radius 1 is 1.53 bits per heavy atom. The Kier molecular flexibility index (Phi) is 4.32. The lowest BCUT2D eigenvalue weighted by Crippen LogP contribution is -2.24. The van der Waals surface area contributed by atoms with Crippen LogP contribution in [0.25, 0.3) is 11.0 Å². The maximum Gasteiger partial charge on any atom is 0.327 e. The molecule has 0 unspecified atom stereocenters. The predicted octanol–water partition coefficient (Wildman–Crippen LogP) is 2.10. The van der Waals surface area contributed by atoms with Gasteiger partial charge in [-0.25, -0.2) is 9.97 Å². The van der Waals surface area contributed by atoms with Crippen LogP contribution < -0.4 is 4.28 Å². The molecule has 0 spiro atoms. The Balaban J connectivity index is 2.52.